The lowest BCUT2D eigenvalue weighted by molar-refractivity contribution is -0.120. The van der Waals surface area contributed by atoms with Gasteiger partial charge in [-0.15, -0.1) is 0 Å². The molecule has 7 heteroatoms. The first kappa shape index (κ1) is 25.1. The molecule has 0 saturated heterocycles. The molecule has 1 aliphatic carbocycles. The maximum absolute atomic E-state index is 13.7. The highest BCUT2D eigenvalue weighted by atomic mass is 32.2. The molecule has 0 saturated carbocycles. The van der Waals surface area contributed by atoms with Crippen LogP contribution in [0.3, 0.4) is 0 Å². The van der Waals surface area contributed by atoms with E-state index in [1.165, 1.54) is 17.7 Å². The van der Waals surface area contributed by atoms with Crippen LogP contribution in [0, 0.1) is 0 Å². The number of allylic oxidation sites excluding steroid dienone is 2. The topological polar surface area (TPSA) is 97.5 Å². The average molecular weight is 515 g/mol. The standard InChI is InChI=1S/C30H30N2O4S/c1-19(2)20-8-10-22(11-9-20)26-18-29(34)32(24-12-14-25(15-13-24)37(31,35)36)27-16-23(17-28(33)30(26)27)21-6-4-3-5-7-21/h3-15,19,23,26H,16-18H2,1-2H3,(H2,31,35,36). The third-order valence-electron chi connectivity index (χ3n) is 7.43. The maximum atomic E-state index is 13.7. The van der Waals surface area contributed by atoms with Crippen LogP contribution in [0.5, 0.6) is 0 Å². The number of carbonyl (C=O) groups excluding carboxylic acids is 2. The highest BCUT2D eigenvalue weighted by molar-refractivity contribution is 7.89. The van der Waals surface area contributed by atoms with Crippen LogP contribution in [0.25, 0.3) is 0 Å². The van der Waals surface area contributed by atoms with Crippen LogP contribution in [0.1, 0.15) is 67.6 Å². The molecular weight excluding hydrogens is 484 g/mol. The van der Waals surface area contributed by atoms with Gasteiger partial charge in [0.2, 0.25) is 15.9 Å². The van der Waals surface area contributed by atoms with E-state index in [0.29, 0.717) is 35.7 Å². The smallest absolute Gasteiger partial charge is 0.238 e. The molecule has 6 nitrogen and oxygen atoms in total. The number of hydrogen-bond acceptors (Lipinski definition) is 4. The summed E-state index contributed by atoms with van der Waals surface area (Å²) >= 11 is 0. The Morgan fingerprint density at radius 2 is 1.46 bits per heavy atom. The van der Waals surface area contributed by atoms with Gasteiger partial charge in [-0.25, -0.2) is 13.6 Å². The second-order valence-electron chi connectivity index (χ2n) is 10.1. The van der Waals surface area contributed by atoms with Gasteiger partial charge >= 0.3 is 0 Å². The second-order valence-corrected chi connectivity index (χ2v) is 11.7. The van der Waals surface area contributed by atoms with Crippen LogP contribution in [-0.2, 0) is 19.6 Å². The minimum atomic E-state index is -3.86. The Morgan fingerprint density at radius 3 is 2.05 bits per heavy atom. The lowest BCUT2D eigenvalue weighted by Gasteiger charge is -2.40. The van der Waals surface area contributed by atoms with Crippen LogP contribution < -0.4 is 10.0 Å². The van der Waals surface area contributed by atoms with Gasteiger partial charge in [-0.05, 0) is 59.2 Å². The molecule has 2 unspecified atom stereocenters. The van der Waals surface area contributed by atoms with Gasteiger partial charge in [0, 0.05) is 35.7 Å². The first-order valence-electron chi connectivity index (χ1n) is 12.5. The quantitative estimate of drug-likeness (QED) is 0.494. The largest absolute Gasteiger partial charge is 0.294 e. The van der Waals surface area contributed by atoms with Crippen LogP contribution in [0.15, 0.2) is 95.0 Å². The maximum Gasteiger partial charge on any atom is 0.238 e. The molecule has 0 aromatic heterocycles. The number of hydrogen-bond donors (Lipinski definition) is 1. The van der Waals surface area contributed by atoms with Gasteiger partial charge in [-0.2, -0.15) is 0 Å². The molecule has 1 amide bonds. The zero-order valence-corrected chi connectivity index (χ0v) is 21.7. The minimum Gasteiger partial charge on any atom is -0.294 e. The third kappa shape index (κ3) is 4.89. The lowest BCUT2D eigenvalue weighted by Crippen LogP contribution is -2.41. The molecule has 190 valence electrons. The molecule has 0 spiro atoms. The molecule has 0 bridgehead atoms. The van der Waals surface area contributed by atoms with Crippen molar-refractivity contribution in [3.05, 3.63) is 107 Å². The van der Waals surface area contributed by atoms with Crippen molar-refractivity contribution in [2.45, 2.75) is 55.8 Å². The number of carbonyl (C=O) groups is 2. The Hall–Kier alpha value is -3.55. The first-order chi connectivity index (χ1) is 17.6. The molecule has 37 heavy (non-hydrogen) atoms. The van der Waals surface area contributed by atoms with E-state index in [9.17, 15) is 18.0 Å². The van der Waals surface area contributed by atoms with Gasteiger partial charge in [0.15, 0.2) is 5.78 Å². The number of sulfonamides is 1. The van der Waals surface area contributed by atoms with Crippen molar-refractivity contribution in [2.24, 2.45) is 5.14 Å². The summed E-state index contributed by atoms with van der Waals surface area (Å²) in [6, 6.07) is 24.1. The van der Waals surface area contributed by atoms with Crippen molar-refractivity contribution in [1.82, 2.24) is 0 Å². The Morgan fingerprint density at radius 1 is 0.811 bits per heavy atom. The number of primary sulfonamides is 1. The monoisotopic (exact) mass is 514 g/mol. The predicted octanol–water partition coefficient (Wildman–Crippen LogP) is 5.38. The van der Waals surface area contributed by atoms with Gasteiger partial charge in [0.25, 0.3) is 0 Å². The molecule has 1 heterocycles. The lowest BCUT2D eigenvalue weighted by atomic mass is 9.72. The number of ketones is 1. The number of anilines is 1. The van der Waals surface area contributed by atoms with Crippen LogP contribution in [0.4, 0.5) is 5.69 Å². The van der Waals surface area contributed by atoms with Crippen molar-refractivity contribution in [1.29, 1.82) is 0 Å². The number of benzene rings is 3. The third-order valence-corrected chi connectivity index (χ3v) is 8.36. The summed E-state index contributed by atoms with van der Waals surface area (Å²) in [5.74, 6) is -0.0507. The summed E-state index contributed by atoms with van der Waals surface area (Å²) in [5.41, 5.74) is 5.13. The van der Waals surface area contributed by atoms with Gasteiger partial charge in [0.1, 0.15) is 0 Å². The van der Waals surface area contributed by atoms with Gasteiger partial charge in [-0.3, -0.25) is 14.5 Å². The second kappa shape index (κ2) is 9.72. The molecule has 2 N–H and O–H groups in total. The summed E-state index contributed by atoms with van der Waals surface area (Å²) < 4.78 is 23.5. The van der Waals surface area contributed by atoms with Crippen molar-refractivity contribution in [3.63, 3.8) is 0 Å². The van der Waals surface area contributed by atoms with E-state index in [1.807, 2.05) is 42.5 Å². The van der Waals surface area contributed by atoms with Crippen molar-refractivity contribution >= 4 is 27.4 Å². The number of rotatable bonds is 5. The highest BCUT2D eigenvalue weighted by Gasteiger charge is 2.42. The van der Waals surface area contributed by atoms with Crippen LogP contribution >= 0.6 is 0 Å². The first-order valence-corrected chi connectivity index (χ1v) is 14.0. The Kier molecular flexibility index (Phi) is 6.60. The fraction of sp³-hybridized carbons (Fsp3) is 0.267. The van der Waals surface area contributed by atoms with E-state index in [1.54, 1.807) is 17.0 Å². The fourth-order valence-corrected chi connectivity index (χ4v) is 5.99. The van der Waals surface area contributed by atoms with E-state index < -0.39 is 10.0 Å². The molecule has 2 atom stereocenters. The molecule has 3 aromatic rings. The molecule has 0 fully saturated rings. The molecular formula is C30H30N2O4S. The summed E-state index contributed by atoms with van der Waals surface area (Å²) in [6.45, 7) is 4.26. The van der Waals surface area contributed by atoms with Crippen molar-refractivity contribution < 1.29 is 18.0 Å². The number of nitrogens with zero attached hydrogens (tertiary/aromatic N) is 1. The summed E-state index contributed by atoms with van der Waals surface area (Å²) in [5, 5.41) is 5.27. The molecule has 3 aromatic carbocycles. The Bertz CT molecular complexity index is 1470. The number of amides is 1. The van der Waals surface area contributed by atoms with Crippen molar-refractivity contribution in [2.75, 3.05) is 4.90 Å². The SMILES string of the molecule is CC(C)c1ccc(C2CC(=O)N(c3ccc(S(N)(=O)=O)cc3)C3=C2C(=O)CC(c2ccccc2)C3)cc1. The minimum absolute atomic E-state index is 0.0279. The Balaban J connectivity index is 1.62. The highest BCUT2D eigenvalue weighted by Crippen LogP contribution is 2.47. The zero-order valence-electron chi connectivity index (χ0n) is 20.9. The van der Waals surface area contributed by atoms with Gasteiger partial charge in [-0.1, -0.05) is 68.4 Å². The van der Waals surface area contributed by atoms with E-state index in [0.717, 1.165) is 11.1 Å². The van der Waals surface area contributed by atoms with Crippen LogP contribution in [-0.4, -0.2) is 20.1 Å². The summed E-state index contributed by atoms with van der Waals surface area (Å²) in [7, 11) is -3.86. The number of nitrogens with two attached hydrogens (primary N) is 1. The Labute approximate surface area is 217 Å². The van der Waals surface area contributed by atoms with Gasteiger partial charge < -0.3 is 0 Å². The van der Waals surface area contributed by atoms with Crippen molar-refractivity contribution in [3.8, 4) is 0 Å². The summed E-state index contributed by atoms with van der Waals surface area (Å²) in [4.78, 5) is 29.0. The molecule has 5 rings (SSSR count). The van der Waals surface area contributed by atoms with Gasteiger partial charge in [0.05, 0.1) is 4.90 Å². The van der Waals surface area contributed by atoms with E-state index in [2.05, 4.69) is 26.0 Å². The molecule has 0 radical (unpaired) electrons. The molecule has 2 aliphatic rings. The zero-order chi connectivity index (χ0) is 26.3. The fourth-order valence-electron chi connectivity index (χ4n) is 5.48. The average Bonchev–Trinajstić information content (AvgIpc) is 2.88. The normalized spacial score (nSPS) is 20.4. The predicted molar refractivity (Wildman–Crippen MR) is 144 cm³/mol. The van der Waals surface area contributed by atoms with E-state index >= 15 is 0 Å². The number of Topliss-reactive ketones (excluding diaryl/α,β-unsaturated/α-hetero) is 1. The van der Waals surface area contributed by atoms with Crippen LogP contribution in [0.2, 0.25) is 0 Å². The summed E-state index contributed by atoms with van der Waals surface area (Å²) in [6.07, 6.45) is 1.09. The van der Waals surface area contributed by atoms with E-state index in [-0.39, 0.29) is 34.8 Å². The van der Waals surface area contributed by atoms with E-state index in [4.69, 9.17) is 5.14 Å². The molecule has 1 aliphatic heterocycles.